The third-order valence-electron chi connectivity index (χ3n) is 4.65. The molecule has 0 aromatic carbocycles. The third-order valence-corrected chi connectivity index (χ3v) is 4.65. The van der Waals surface area contributed by atoms with Crippen LogP contribution in [0.4, 0.5) is 0 Å². The van der Waals surface area contributed by atoms with Crippen LogP contribution in [-0.2, 0) is 14.3 Å². The largest absolute Gasteiger partial charge is 0.457 e. The minimum atomic E-state index is -0.538. The highest BCUT2D eigenvalue weighted by molar-refractivity contribution is 5.69. The second-order valence-corrected chi connectivity index (χ2v) is 6.48. The van der Waals surface area contributed by atoms with E-state index in [0.717, 1.165) is 19.3 Å². The quantitative estimate of drug-likeness (QED) is 0.831. The monoisotopic (exact) mass is 348 g/mol. The SMILES string of the molecule is CCC[C@@H]1C(OC(C)=O)[C@H](n2cnc3c(=O)[nH]c(C)nc32)O[C@@H]1CC. The summed E-state index contributed by atoms with van der Waals surface area (Å²) in [7, 11) is 0. The van der Waals surface area contributed by atoms with E-state index in [2.05, 4.69) is 28.8 Å². The molecule has 1 unspecified atom stereocenters. The van der Waals surface area contributed by atoms with Crippen molar-refractivity contribution in [3.8, 4) is 0 Å². The fraction of sp³-hybridized carbons (Fsp3) is 0.647. The predicted molar refractivity (Wildman–Crippen MR) is 91.0 cm³/mol. The van der Waals surface area contributed by atoms with Gasteiger partial charge in [-0.3, -0.25) is 14.2 Å². The first kappa shape index (κ1) is 17.6. The van der Waals surface area contributed by atoms with E-state index in [1.165, 1.54) is 13.3 Å². The van der Waals surface area contributed by atoms with Gasteiger partial charge in [0, 0.05) is 12.8 Å². The first-order valence-corrected chi connectivity index (χ1v) is 8.72. The fourth-order valence-corrected chi connectivity index (χ4v) is 3.65. The van der Waals surface area contributed by atoms with E-state index < -0.39 is 12.3 Å². The van der Waals surface area contributed by atoms with E-state index in [-0.39, 0.29) is 29.1 Å². The van der Waals surface area contributed by atoms with Crippen molar-refractivity contribution in [1.29, 1.82) is 0 Å². The van der Waals surface area contributed by atoms with Gasteiger partial charge in [-0.25, -0.2) is 9.97 Å². The van der Waals surface area contributed by atoms with Crippen LogP contribution in [0.25, 0.3) is 11.2 Å². The Balaban J connectivity index is 2.07. The predicted octanol–water partition coefficient (Wildman–Crippen LogP) is 2.08. The molecule has 1 saturated heterocycles. The normalized spacial score (nSPS) is 26.2. The smallest absolute Gasteiger partial charge is 0.303 e. The molecule has 1 N–H and O–H groups in total. The Morgan fingerprint density at radius 2 is 2.20 bits per heavy atom. The maximum atomic E-state index is 12.1. The number of carbonyl (C=O) groups is 1. The van der Waals surface area contributed by atoms with E-state index in [9.17, 15) is 9.59 Å². The lowest BCUT2D eigenvalue weighted by Gasteiger charge is -2.23. The molecule has 0 aliphatic carbocycles. The molecule has 2 aromatic rings. The number of aromatic nitrogens is 4. The highest BCUT2D eigenvalue weighted by Gasteiger charge is 2.46. The Kier molecular flexibility index (Phi) is 4.89. The van der Waals surface area contributed by atoms with Crippen LogP contribution in [0.2, 0.25) is 0 Å². The number of rotatable bonds is 5. The van der Waals surface area contributed by atoms with Crippen LogP contribution in [0.3, 0.4) is 0 Å². The van der Waals surface area contributed by atoms with Crippen LogP contribution in [0.15, 0.2) is 11.1 Å². The zero-order valence-electron chi connectivity index (χ0n) is 15.0. The standard InChI is InChI=1S/C17H24N4O4/c1-5-7-11-12(6-2)25-17(14(11)24-10(4)22)21-8-18-13-15(21)19-9(3)20-16(13)23/h8,11-12,14,17H,5-7H2,1-4H3,(H,19,20,23)/t11-,12+,14?,17+/m0/s1. The topological polar surface area (TPSA) is 99.1 Å². The maximum absolute atomic E-state index is 12.1. The number of aryl methyl sites for hydroxylation is 1. The number of nitrogens with one attached hydrogen (secondary N) is 1. The van der Waals surface area contributed by atoms with Gasteiger partial charge in [0.25, 0.3) is 5.56 Å². The number of aromatic amines is 1. The second-order valence-electron chi connectivity index (χ2n) is 6.48. The molecule has 1 aliphatic heterocycles. The van der Waals surface area contributed by atoms with Crippen LogP contribution in [0.5, 0.6) is 0 Å². The molecular weight excluding hydrogens is 324 g/mol. The van der Waals surface area contributed by atoms with Crippen molar-refractivity contribution in [2.75, 3.05) is 0 Å². The number of hydrogen-bond acceptors (Lipinski definition) is 6. The third kappa shape index (κ3) is 3.18. The Labute approximate surface area is 145 Å². The lowest BCUT2D eigenvalue weighted by molar-refractivity contribution is -0.153. The van der Waals surface area contributed by atoms with Crippen molar-refractivity contribution in [2.24, 2.45) is 5.92 Å². The molecule has 0 saturated carbocycles. The molecule has 136 valence electrons. The van der Waals surface area contributed by atoms with Crippen molar-refractivity contribution in [1.82, 2.24) is 19.5 Å². The van der Waals surface area contributed by atoms with Gasteiger partial charge in [-0.05, 0) is 19.8 Å². The molecule has 8 nitrogen and oxygen atoms in total. The molecule has 25 heavy (non-hydrogen) atoms. The average molecular weight is 348 g/mol. The summed E-state index contributed by atoms with van der Waals surface area (Å²) in [5, 5.41) is 0. The van der Waals surface area contributed by atoms with Gasteiger partial charge in [0.15, 0.2) is 23.5 Å². The number of esters is 1. The number of fused-ring (bicyclic) bond motifs is 1. The van der Waals surface area contributed by atoms with Gasteiger partial charge in [-0.2, -0.15) is 0 Å². The molecule has 1 fully saturated rings. The molecule has 4 atom stereocenters. The number of H-pyrrole nitrogens is 1. The van der Waals surface area contributed by atoms with Crippen molar-refractivity contribution in [2.45, 2.75) is 65.4 Å². The van der Waals surface area contributed by atoms with Crippen LogP contribution in [0.1, 0.15) is 52.1 Å². The summed E-state index contributed by atoms with van der Waals surface area (Å²) in [6.45, 7) is 7.27. The fourth-order valence-electron chi connectivity index (χ4n) is 3.65. The average Bonchev–Trinajstić information content (AvgIpc) is 3.09. The van der Waals surface area contributed by atoms with Crippen LogP contribution < -0.4 is 5.56 Å². The van der Waals surface area contributed by atoms with E-state index in [1.807, 2.05) is 0 Å². The van der Waals surface area contributed by atoms with Crippen LogP contribution in [-0.4, -0.2) is 37.7 Å². The van der Waals surface area contributed by atoms with Crippen LogP contribution in [0, 0.1) is 12.8 Å². The van der Waals surface area contributed by atoms with Crippen molar-refractivity contribution in [3.63, 3.8) is 0 Å². The molecule has 1 aliphatic rings. The van der Waals surface area contributed by atoms with E-state index in [4.69, 9.17) is 9.47 Å². The lowest BCUT2D eigenvalue weighted by Crippen LogP contribution is -2.31. The molecule has 0 spiro atoms. The highest BCUT2D eigenvalue weighted by atomic mass is 16.6. The molecule has 8 heteroatoms. The van der Waals surface area contributed by atoms with Crippen LogP contribution >= 0.6 is 0 Å². The van der Waals surface area contributed by atoms with Gasteiger partial charge in [0.2, 0.25) is 0 Å². The minimum Gasteiger partial charge on any atom is -0.457 e. The number of hydrogen-bond donors (Lipinski definition) is 1. The molecule has 2 aromatic heterocycles. The summed E-state index contributed by atoms with van der Waals surface area (Å²) in [5.41, 5.74) is 0.401. The van der Waals surface area contributed by atoms with Gasteiger partial charge in [0.1, 0.15) is 5.82 Å². The molecule has 0 amide bonds. The molecule has 0 bridgehead atoms. The van der Waals surface area contributed by atoms with Crippen molar-refractivity contribution in [3.05, 3.63) is 22.5 Å². The Morgan fingerprint density at radius 1 is 1.44 bits per heavy atom. The Morgan fingerprint density at radius 3 is 2.84 bits per heavy atom. The van der Waals surface area contributed by atoms with Gasteiger partial charge in [0.05, 0.1) is 12.4 Å². The Bertz CT molecular complexity index is 828. The number of ether oxygens (including phenoxy) is 2. The Hall–Kier alpha value is -2.22. The minimum absolute atomic E-state index is 0.0187. The highest BCUT2D eigenvalue weighted by Crippen LogP contribution is 2.40. The van der Waals surface area contributed by atoms with Gasteiger partial charge < -0.3 is 14.5 Å². The summed E-state index contributed by atoms with van der Waals surface area (Å²) >= 11 is 0. The summed E-state index contributed by atoms with van der Waals surface area (Å²) in [6, 6.07) is 0. The number of nitrogens with zero attached hydrogens (tertiary/aromatic N) is 3. The van der Waals surface area contributed by atoms with E-state index in [0.29, 0.717) is 11.5 Å². The number of imidazole rings is 1. The summed E-state index contributed by atoms with van der Waals surface area (Å²) in [5.74, 6) is 0.255. The maximum Gasteiger partial charge on any atom is 0.303 e. The summed E-state index contributed by atoms with van der Waals surface area (Å²) in [6.07, 6.45) is 3.23. The number of carbonyl (C=O) groups excluding carboxylic acids is 1. The molecular formula is C17H24N4O4. The first-order valence-electron chi connectivity index (χ1n) is 8.72. The molecule has 3 rings (SSSR count). The zero-order chi connectivity index (χ0) is 18.1. The first-order chi connectivity index (χ1) is 12.0. The summed E-state index contributed by atoms with van der Waals surface area (Å²) in [4.78, 5) is 35.0. The van der Waals surface area contributed by atoms with Crippen molar-refractivity contribution < 1.29 is 14.3 Å². The van der Waals surface area contributed by atoms with E-state index in [1.54, 1.807) is 11.5 Å². The second kappa shape index (κ2) is 6.95. The van der Waals surface area contributed by atoms with Gasteiger partial charge in [-0.15, -0.1) is 0 Å². The summed E-state index contributed by atoms with van der Waals surface area (Å²) < 4.78 is 13.6. The van der Waals surface area contributed by atoms with Gasteiger partial charge >= 0.3 is 5.97 Å². The molecule has 0 radical (unpaired) electrons. The van der Waals surface area contributed by atoms with Crippen molar-refractivity contribution >= 4 is 17.1 Å². The lowest BCUT2D eigenvalue weighted by atomic mass is 9.91. The van der Waals surface area contributed by atoms with E-state index >= 15 is 0 Å². The van der Waals surface area contributed by atoms with Gasteiger partial charge in [-0.1, -0.05) is 20.3 Å². The zero-order valence-corrected chi connectivity index (χ0v) is 15.0. The molecule has 3 heterocycles.